The molecule has 0 radical (unpaired) electrons. The van der Waals surface area contributed by atoms with Crippen LogP contribution in [0.2, 0.25) is 0 Å². The summed E-state index contributed by atoms with van der Waals surface area (Å²) in [6, 6.07) is 4.94. The lowest BCUT2D eigenvalue weighted by Crippen LogP contribution is -2.11. The van der Waals surface area contributed by atoms with E-state index in [0.29, 0.717) is 11.5 Å². The van der Waals surface area contributed by atoms with Gasteiger partial charge in [-0.25, -0.2) is 18.7 Å². The summed E-state index contributed by atoms with van der Waals surface area (Å²) in [4.78, 5) is 8.20. The average Bonchev–Trinajstić information content (AvgIpc) is 2.28. The molecule has 0 saturated carbocycles. The normalized spacial score (nSPS) is 12.2. The van der Waals surface area contributed by atoms with Crippen LogP contribution >= 0.6 is 0 Å². The van der Waals surface area contributed by atoms with E-state index in [1.165, 1.54) is 12.1 Å². The van der Waals surface area contributed by atoms with Crippen LogP contribution in [0.4, 0.5) is 14.7 Å². The fourth-order valence-corrected chi connectivity index (χ4v) is 1.64. The van der Waals surface area contributed by atoms with E-state index in [0.717, 1.165) is 11.8 Å². The molecular formula is C13H13F2N3. The largest absolute Gasteiger partial charge is 0.348 e. The van der Waals surface area contributed by atoms with Gasteiger partial charge in [-0.05, 0) is 26.0 Å². The van der Waals surface area contributed by atoms with E-state index in [-0.39, 0.29) is 6.04 Å². The Hall–Kier alpha value is -2.04. The minimum Gasteiger partial charge on any atom is -0.348 e. The van der Waals surface area contributed by atoms with E-state index in [2.05, 4.69) is 15.3 Å². The summed E-state index contributed by atoms with van der Waals surface area (Å²) >= 11 is 0. The highest BCUT2D eigenvalue weighted by molar-refractivity contribution is 5.32. The monoisotopic (exact) mass is 249 g/mol. The predicted molar refractivity (Wildman–Crippen MR) is 65.2 cm³/mol. The number of anilines is 1. The molecule has 1 aromatic heterocycles. The molecule has 0 amide bonds. The van der Waals surface area contributed by atoms with Gasteiger partial charge in [-0.2, -0.15) is 0 Å². The van der Waals surface area contributed by atoms with Crippen molar-refractivity contribution >= 4 is 5.95 Å². The molecule has 1 atom stereocenters. The molecular weight excluding hydrogens is 236 g/mol. The van der Waals surface area contributed by atoms with Crippen LogP contribution in [0.15, 0.2) is 30.5 Å². The third-order valence-electron chi connectivity index (χ3n) is 2.57. The lowest BCUT2D eigenvalue weighted by atomic mass is 10.1. The lowest BCUT2D eigenvalue weighted by Gasteiger charge is -2.15. The Labute approximate surface area is 104 Å². The smallest absolute Gasteiger partial charge is 0.223 e. The Morgan fingerprint density at radius 1 is 1.22 bits per heavy atom. The van der Waals surface area contributed by atoms with Crippen molar-refractivity contribution in [2.75, 3.05) is 5.32 Å². The quantitative estimate of drug-likeness (QED) is 0.907. The van der Waals surface area contributed by atoms with Crippen LogP contribution in [0.1, 0.15) is 24.2 Å². The second-order valence-corrected chi connectivity index (χ2v) is 4.05. The molecule has 1 heterocycles. The Morgan fingerprint density at radius 2 is 2.00 bits per heavy atom. The summed E-state index contributed by atoms with van der Waals surface area (Å²) in [7, 11) is 0. The minimum absolute atomic E-state index is 0.340. The van der Waals surface area contributed by atoms with Gasteiger partial charge in [0, 0.05) is 23.5 Å². The topological polar surface area (TPSA) is 37.8 Å². The van der Waals surface area contributed by atoms with Crippen LogP contribution in [-0.2, 0) is 0 Å². The van der Waals surface area contributed by atoms with Crippen LogP contribution in [-0.4, -0.2) is 9.97 Å². The standard InChI is InChI=1S/C13H13F2N3/c1-8-5-6-16-13(17-8)18-9(2)11-4-3-10(14)7-12(11)15/h3-7,9H,1-2H3,(H,16,17,18)/t9-/m1/s1. The maximum absolute atomic E-state index is 13.6. The average molecular weight is 249 g/mol. The lowest BCUT2D eigenvalue weighted by molar-refractivity contribution is 0.566. The minimum atomic E-state index is -0.588. The van der Waals surface area contributed by atoms with Crippen LogP contribution in [0.25, 0.3) is 0 Å². The first kappa shape index (κ1) is 12.4. The molecule has 1 aromatic carbocycles. The zero-order valence-electron chi connectivity index (χ0n) is 10.1. The predicted octanol–water partition coefficient (Wildman–Crippen LogP) is 3.24. The fourth-order valence-electron chi connectivity index (χ4n) is 1.64. The molecule has 0 unspecified atom stereocenters. The van der Waals surface area contributed by atoms with Gasteiger partial charge < -0.3 is 5.32 Å². The van der Waals surface area contributed by atoms with E-state index in [1.54, 1.807) is 19.2 Å². The van der Waals surface area contributed by atoms with Crippen molar-refractivity contribution in [2.24, 2.45) is 0 Å². The number of benzene rings is 1. The van der Waals surface area contributed by atoms with Gasteiger partial charge in [0.05, 0.1) is 6.04 Å². The van der Waals surface area contributed by atoms with Crippen LogP contribution in [0, 0.1) is 18.6 Å². The molecule has 0 spiro atoms. The van der Waals surface area contributed by atoms with Gasteiger partial charge in [0.15, 0.2) is 0 Å². The molecule has 5 heteroatoms. The molecule has 0 aliphatic carbocycles. The van der Waals surface area contributed by atoms with E-state index in [4.69, 9.17) is 0 Å². The zero-order valence-corrected chi connectivity index (χ0v) is 10.1. The molecule has 0 aliphatic heterocycles. The van der Waals surface area contributed by atoms with Crippen molar-refractivity contribution in [2.45, 2.75) is 19.9 Å². The SMILES string of the molecule is Cc1ccnc(N[C@H](C)c2ccc(F)cc2F)n1. The van der Waals surface area contributed by atoms with Gasteiger partial charge in [-0.1, -0.05) is 6.07 Å². The highest BCUT2D eigenvalue weighted by Crippen LogP contribution is 2.20. The first-order valence-corrected chi connectivity index (χ1v) is 5.57. The molecule has 18 heavy (non-hydrogen) atoms. The van der Waals surface area contributed by atoms with Crippen molar-refractivity contribution in [1.29, 1.82) is 0 Å². The van der Waals surface area contributed by atoms with E-state index in [1.807, 2.05) is 6.92 Å². The second-order valence-electron chi connectivity index (χ2n) is 4.05. The molecule has 2 aromatic rings. The molecule has 1 N–H and O–H groups in total. The maximum atomic E-state index is 13.6. The van der Waals surface area contributed by atoms with Gasteiger partial charge in [0.1, 0.15) is 11.6 Å². The van der Waals surface area contributed by atoms with Gasteiger partial charge in [0.25, 0.3) is 0 Å². The van der Waals surface area contributed by atoms with Crippen molar-refractivity contribution in [3.8, 4) is 0 Å². The van der Waals surface area contributed by atoms with E-state index >= 15 is 0 Å². The number of nitrogens with one attached hydrogen (secondary N) is 1. The van der Waals surface area contributed by atoms with Crippen LogP contribution < -0.4 is 5.32 Å². The molecule has 2 rings (SSSR count). The Bertz CT molecular complexity index is 558. The highest BCUT2D eigenvalue weighted by atomic mass is 19.1. The zero-order chi connectivity index (χ0) is 13.1. The molecule has 94 valence electrons. The summed E-state index contributed by atoms with van der Waals surface area (Å²) in [6.07, 6.45) is 1.62. The van der Waals surface area contributed by atoms with Gasteiger partial charge >= 0.3 is 0 Å². The summed E-state index contributed by atoms with van der Waals surface area (Å²) in [5.74, 6) is -0.746. The third kappa shape index (κ3) is 2.80. The Morgan fingerprint density at radius 3 is 2.67 bits per heavy atom. The third-order valence-corrected chi connectivity index (χ3v) is 2.57. The summed E-state index contributed by atoms with van der Waals surface area (Å²) in [6.45, 7) is 3.61. The molecule has 0 bridgehead atoms. The number of hydrogen-bond donors (Lipinski definition) is 1. The van der Waals surface area contributed by atoms with Crippen LogP contribution in [0.3, 0.4) is 0 Å². The first-order valence-electron chi connectivity index (χ1n) is 5.57. The molecule has 0 fully saturated rings. The number of halogens is 2. The van der Waals surface area contributed by atoms with E-state index in [9.17, 15) is 8.78 Å². The number of aromatic nitrogens is 2. The van der Waals surface area contributed by atoms with Gasteiger partial charge in [-0.15, -0.1) is 0 Å². The first-order chi connectivity index (χ1) is 8.56. The van der Waals surface area contributed by atoms with Crippen molar-refractivity contribution in [3.05, 3.63) is 53.4 Å². The Balaban J connectivity index is 2.19. The molecule has 3 nitrogen and oxygen atoms in total. The highest BCUT2D eigenvalue weighted by Gasteiger charge is 2.12. The summed E-state index contributed by atoms with van der Waals surface area (Å²) < 4.78 is 26.4. The molecule has 0 saturated heterocycles. The molecule has 0 aliphatic rings. The number of aryl methyl sites for hydroxylation is 1. The van der Waals surface area contributed by atoms with Crippen molar-refractivity contribution in [1.82, 2.24) is 9.97 Å². The van der Waals surface area contributed by atoms with Crippen LogP contribution in [0.5, 0.6) is 0 Å². The number of nitrogens with zero attached hydrogens (tertiary/aromatic N) is 2. The summed E-state index contributed by atoms with van der Waals surface area (Å²) in [5.41, 5.74) is 1.20. The number of rotatable bonds is 3. The Kier molecular flexibility index (Phi) is 3.50. The van der Waals surface area contributed by atoms with E-state index < -0.39 is 11.6 Å². The number of hydrogen-bond acceptors (Lipinski definition) is 3. The fraction of sp³-hybridized carbons (Fsp3) is 0.231. The second kappa shape index (κ2) is 5.08. The summed E-state index contributed by atoms with van der Waals surface area (Å²) in [5, 5.41) is 2.97. The van der Waals surface area contributed by atoms with Crippen molar-refractivity contribution < 1.29 is 8.78 Å². The van der Waals surface area contributed by atoms with Crippen molar-refractivity contribution in [3.63, 3.8) is 0 Å². The van der Waals surface area contributed by atoms with Gasteiger partial charge in [-0.3, -0.25) is 0 Å². The maximum Gasteiger partial charge on any atom is 0.223 e. The van der Waals surface area contributed by atoms with Gasteiger partial charge in [0.2, 0.25) is 5.95 Å².